The van der Waals surface area contributed by atoms with Gasteiger partial charge in [-0.25, -0.2) is 0 Å². The first-order valence-electron chi connectivity index (χ1n) is 6.25. The maximum Gasteiger partial charge on any atom is 0.138 e. The molecule has 0 radical (unpaired) electrons. The van der Waals surface area contributed by atoms with Crippen LogP contribution in [0, 0.1) is 5.92 Å². The Labute approximate surface area is 133 Å². The number of carboxylic acid groups (broad SMARTS) is 2. The van der Waals surface area contributed by atoms with Crippen molar-refractivity contribution in [2.45, 2.75) is 53.6 Å². The van der Waals surface area contributed by atoms with E-state index in [4.69, 9.17) is 0 Å². The third-order valence-corrected chi connectivity index (χ3v) is 2.39. The number of carbonyl (C=O) groups is 4. The summed E-state index contributed by atoms with van der Waals surface area (Å²) >= 11 is 2.19. The zero-order valence-corrected chi connectivity index (χ0v) is 14.2. The first kappa shape index (κ1) is 24.8. The number of aliphatic carboxylic acids is 2. The van der Waals surface area contributed by atoms with E-state index in [1.807, 2.05) is 13.8 Å². The molecule has 8 heteroatoms. The molecular weight excluding hydrogens is 295 g/mol. The summed E-state index contributed by atoms with van der Waals surface area (Å²) in [5.41, 5.74) is 0. The van der Waals surface area contributed by atoms with E-state index in [1.54, 1.807) is 6.92 Å². The molecule has 0 aliphatic rings. The van der Waals surface area contributed by atoms with Gasteiger partial charge in [0, 0.05) is 12.4 Å². The van der Waals surface area contributed by atoms with Gasteiger partial charge in [-0.3, -0.25) is 9.59 Å². The van der Waals surface area contributed by atoms with Gasteiger partial charge in [-0.1, -0.05) is 6.92 Å². The summed E-state index contributed by atoms with van der Waals surface area (Å²) in [6.45, 7) is 8.06. The molecular formula is C13H21AlO7. The van der Waals surface area contributed by atoms with E-state index in [2.05, 4.69) is 20.4 Å². The van der Waals surface area contributed by atoms with Gasteiger partial charge in [0.15, 0.2) is 0 Å². The molecule has 0 aliphatic heterocycles. The Balaban J connectivity index is -0.000000242. The zero-order valence-electron chi connectivity index (χ0n) is 13.0. The normalized spacial score (nSPS) is 10.5. The van der Waals surface area contributed by atoms with Gasteiger partial charge in [-0.15, -0.1) is 0 Å². The number of rotatable bonds is 6. The molecule has 118 valence electrons. The van der Waals surface area contributed by atoms with Crippen LogP contribution >= 0.6 is 0 Å². The fraction of sp³-hybridized carbons (Fsp3) is 0.692. The molecule has 0 aliphatic carbocycles. The van der Waals surface area contributed by atoms with Crippen LogP contribution in [0.1, 0.15) is 47.5 Å². The quantitative estimate of drug-likeness (QED) is 0.434. The average Bonchev–Trinajstić information content (AvgIpc) is 2.28. The van der Waals surface area contributed by atoms with Crippen LogP contribution in [-0.4, -0.2) is 46.2 Å². The number of hydrogen-bond acceptors (Lipinski definition) is 7. The first-order valence-corrected chi connectivity index (χ1v) is 6.72. The molecule has 0 aromatic rings. The monoisotopic (exact) mass is 316 g/mol. The molecule has 0 rings (SSSR count). The Morgan fingerprint density at radius 1 is 1.10 bits per heavy atom. The molecule has 7 nitrogen and oxygen atoms in total. The van der Waals surface area contributed by atoms with Gasteiger partial charge in [-0.2, -0.15) is 0 Å². The van der Waals surface area contributed by atoms with Crippen LogP contribution in [0.2, 0.25) is 0 Å². The van der Waals surface area contributed by atoms with Crippen LogP contribution < -0.4 is 10.2 Å². The van der Waals surface area contributed by atoms with Crippen molar-refractivity contribution >= 4 is 40.1 Å². The van der Waals surface area contributed by atoms with Crippen molar-refractivity contribution in [2.24, 2.45) is 5.92 Å². The van der Waals surface area contributed by atoms with Crippen molar-refractivity contribution in [3.8, 4) is 0 Å². The number of ketones is 2. The van der Waals surface area contributed by atoms with Gasteiger partial charge >= 0.3 is 40.4 Å². The number of hydrogen-bond donors (Lipinski definition) is 0. The van der Waals surface area contributed by atoms with Crippen LogP contribution in [0.15, 0.2) is 0 Å². The van der Waals surface area contributed by atoms with E-state index in [9.17, 15) is 29.4 Å². The number of Topliss-reactive ketones (excluding diaryl/α,β-unsaturated/α-hetero) is 2. The Morgan fingerprint density at radius 3 is 1.48 bits per heavy atom. The summed E-state index contributed by atoms with van der Waals surface area (Å²) in [4.78, 5) is 39.7. The molecule has 0 aromatic heterocycles. The topological polar surface area (TPSA) is 124 Å². The minimum atomic E-state index is -1.31. The van der Waals surface area contributed by atoms with Gasteiger partial charge in [0.1, 0.15) is 11.6 Å². The summed E-state index contributed by atoms with van der Waals surface area (Å²) in [6.07, 6.45) is 0.192. The van der Waals surface area contributed by atoms with Crippen LogP contribution in [-0.2, 0) is 23.0 Å². The Kier molecular flexibility index (Phi) is 17.9. The standard InChI is InChI=1S/C6H10O3.C4H6O3.C3H7O.Al/c1-3-5(4(2)7)6(8)9;1-3(5)2-4(6)7;1-3(2)4;/h5H,3H2,1-2H3,(H,8,9);2H2,1H3,(H,6,7);3H,1-2H3;/q;;-1;+3/p-2. The molecule has 1 atom stereocenters. The molecule has 0 fully saturated rings. The molecule has 0 aromatic carbocycles. The minimum absolute atomic E-state index is 0.317. The van der Waals surface area contributed by atoms with Gasteiger partial charge in [0.25, 0.3) is 0 Å². The maximum atomic E-state index is 10.4. The number of carbonyl (C=O) groups excluding carboxylic acids is 4. The first-order chi connectivity index (χ1) is 9.49. The molecule has 0 heterocycles. The van der Waals surface area contributed by atoms with E-state index in [0.717, 1.165) is 0 Å². The third-order valence-electron chi connectivity index (χ3n) is 1.85. The number of carboxylic acids is 2. The van der Waals surface area contributed by atoms with E-state index in [1.165, 1.54) is 13.8 Å². The molecule has 21 heavy (non-hydrogen) atoms. The van der Waals surface area contributed by atoms with Gasteiger partial charge in [-0.05, 0) is 20.3 Å². The zero-order chi connectivity index (χ0) is 17.6. The Hall–Kier alpha value is -1.23. The largest absolute Gasteiger partial charge is 0.549 e. The van der Waals surface area contributed by atoms with Crippen molar-refractivity contribution in [1.82, 2.24) is 0 Å². The van der Waals surface area contributed by atoms with Gasteiger partial charge < -0.3 is 19.8 Å². The van der Waals surface area contributed by atoms with Gasteiger partial charge in [0.05, 0.1) is 11.9 Å². The van der Waals surface area contributed by atoms with Crippen molar-refractivity contribution in [1.29, 1.82) is 0 Å². The second-order valence-corrected chi connectivity index (χ2v) is 4.60. The van der Waals surface area contributed by atoms with Crippen molar-refractivity contribution < 1.29 is 33.2 Å². The van der Waals surface area contributed by atoms with E-state index < -0.39 is 24.3 Å². The van der Waals surface area contributed by atoms with Crippen LogP contribution in [0.25, 0.3) is 0 Å². The summed E-state index contributed by atoms with van der Waals surface area (Å²) in [6, 6.07) is 0. The van der Waals surface area contributed by atoms with E-state index >= 15 is 0 Å². The maximum absolute atomic E-state index is 10.4. The Bertz CT molecular complexity index is 313. The van der Waals surface area contributed by atoms with E-state index in [-0.39, 0.29) is 11.6 Å². The molecule has 0 spiro atoms. The Morgan fingerprint density at radius 2 is 1.48 bits per heavy atom. The summed E-state index contributed by atoms with van der Waals surface area (Å²) in [7, 11) is 0. The van der Waals surface area contributed by atoms with Crippen molar-refractivity contribution in [2.75, 3.05) is 0 Å². The van der Waals surface area contributed by atoms with Crippen LogP contribution in [0.5, 0.6) is 0 Å². The fourth-order valence-electron chi connectivity index (χ4n) is 0.823. The SMILES string of the molecule is CC(=O)CC(=O)[O-].CC(C)[O][Al+2].CCC(C(C)=O)C(=O)[O-]. The second kappa shape index (κ2) is 15.2. The fourth-order valence-corrected chi connectivity index (χ4v) is 0.823. The van der Waals surface area contributed by atoms with E-state index in [0.29, 0.717) is 12.5 Å². The summed E-state index contributed by atoms with van der Waals surface area (Å²) in [5, 5.41) is 19.5. The molecule has 1 unspecified atom stereocenters. The molecule has 0 N–H and O–H groups in total. The van der Waals surface area contributed by atoms with Gasteiger partial charge in [0.2, 0.25) is 0 Å². The smallest absolute Gasteiger partial charge is 0.138 e. The molecule has 0 bridgehead atoms. The molecule has 0 amide bonds. The second-order valence-electron chi connectivity index (χ2n) is 4.33. The van der Waals surface area contributed by atoms with Crippen LogP contribution in [0.4, 0.5) is 0 Å². The minimum Gasteiger partial charge on any atom is -0.549 e. The molecule has 0 saturated heterocycles. The predicted molar refractivity (Wildman–Crippen MR) is 71.7 cm³/mol. The third kappa shape index (κ3) is 24.2. The van der Waals surface area contributed by atoms with Crippen molar-refractivity contribution in [3.05, 3.63) is 0 Å². The summed E-state index contributed by atoms with van der Waals surface area (Å²) < 4.78 is 4.67. The summed E-state index contributed by atoms with van der Waals surface area (Å²) in [5.74, 6) is -4.21. The van der Waals surface area contributed by atoms with Crippen molar-refractivity contribution in [3.63, 3.8) is 0 Å². The van der Waals surface area contributed by atoms with Crippen LogP contribution in [0.3, 0.4) is 0 Å². The molecule has 0 saturated carbocycles. The predicted octanol–water partition coefficient (Wildman–Crippen LogP) is -1.44. The average molecular weight is 316 g/mol.